The minimum atomic E-state index is -4.69. The van der Waals surface area contributed by atoms with Gasteiger partial charge >= 0.3 is 10.2 Å². The van der Waals surface area contributed by atoms with Gasteiger partial charge in [0, 0.05) is 22.2 Å². The van der Waals surface area contributed by atoms with Crippen LogP contribution in [0.4, 0.5) is 9.57 Å². The summed E-state index contributed by atoms with van der Waals surface area (Å²) in [5, 5.41) is -0.824. The highest BCUT2D eigenvalue weighted by atomic mass is 127. The molecule has 18 heavy (non-hydrogen) atoms. The van der Waals surface area contributed by atoms with Gasteiger partial charge in [-0.25, -0.2) is 0 Å². The van der Waals surface area contributed by atoms with Gasteiger partial charge in [-0.3, -0.25) is 4.79 Å². The van der Waals surface area contributed by atoms with E-state index >= 15 is 0 Å². The van der Waals surface area contributed by atoms with Crippen LogP contribution in [0.15, 0.2) is 18.2 Å². The zero-order valence-electron chi connectivity index (χ0n) is 8.94. The molecule has 98 valence electrons. The fraction of sp³-hybridized carbons (Fsp3) is 0.300. The van der Waals surface area contributed by atoms with E-state index in [0.717, 1.165) is 3.57 Å². The van der Waals surface area contributed by atoms with Crippen molar-refractivity contribution in [2.75, 3.05) is 11.4 Å². The van der Waals surface area contributed by atoms with Gasteiger partial charge in [0.2, 0.25) is 5.91 Å². The van der Waals surface area contributed by atoms with E-state index in [-0.39, 0.29) is 13.0 Å². The summed E-state index contributed by atoms with van der Waals surface area (Å²) in [6.07, 6.45) is -0.331. The zero-order chi connectivity index (χ0) is 13.5. The summed E-state index contributed by atoms with van der Waals surface area (Å²) in [5.74, 6) is -0.418. The van der Waals surface area contributed by atoms with Crippen molar-refractivity contribution in [2.24, 2.45) is 0 Å². The van der Waals surface area contributed by atoms with Crippen molar-refractivity contribution in [3.8, 4) is 0 Å². The minimum absolute atomic E-state index is 0.172. The molecule has 0 aliphatic carbocycles. The number of amides is 1. The summed E-state index contributed by atoms with van der Waals surface area (Å²) < 4.78 is 35.3. The van der Waals surface area contributed by atoms with Gasteiger partial charge in [-0.15, -0.1) is 3.89 Å². The van der Waals surface area contributed by atoms with Crippen molar-refractivity contribution in [1.82, 2.24) is 0 Å². The molecule has 0 aromatic heterocycles. The highest BCUT2D eigenvalue weighted by molar-refractivity contribution is 14.1. The van der Waals surface area contributed by atoms with Crippen LogP contribution in [0.2, 0.25) is 5.02 Å². The molecule has 2 rings (SSSR count). The molecule has 1 heterocycles. The monoisotopic (exact) mass is 403 g/mol. The quantitative estimate of drug-likeness (QED) is 0.563. The first-order valence-electron chi connectivity index (χ1n) is 4.98. The van der Waals surface area contributed by atoms with Crippen LogP contribution >= 0.6 is 34.2 Å². The van der Waals surface area contributed by atoms with Gasteiger partial charge in [-0.05, 0) is 40.8 Å². The van der Waals surface area contributed by atoms with Gasteiger partial charge in [0.1, 0.15) is 5.25 Å². The second-order valence-electron chi connectivity index (χ2n) is 3.90. The molecule has 1 aromatic rings. The predicted molar refractivity (Wildman–Crippen MR) is 75.0 cm³/mol. The smallest absolute Gasteiger partial charge is 0.307 e. The number of anilines is 1. The molecule has 1 aliphatic rings. The molecule has 0 N–H and O–H groups in total. The normalized spacial score (nSPS) is 20.5. The van der Waals surface area contributed by atoms with E-state index in [1.54, 1.807) is 18.2 Å². The Morgan fingerprint density at radius 3 is 2.61 bits per heavy atom. The first-order chi connectivity index (χ1) is 8.29. The number of hydrogen-bond donors (Lipinski definition) is 0. The summed E-state index contributed by atoms with van der Waals surface area (Å²) in [7, 11) is -4.69. The lowest BCUT2D eigenvalue weighted by Gasteiger charge is -2.16. The second-order valence-corrected chi connectivity index (χ2v) is 7.09. The Balaban J connectivity index is 2.30. The molecular formula is C10H8ClFINO3S. The fourth-order valence-electron chi connectivity index (χ4n) is 1.77. The summed E-state index contributed by atoms with van der Waals surface area (Å²) in [4.78, 5) is 12.9. The van der Waals surface area contributed by atoms with Crippen LogP contribution in [0.25, 0.3) is 0 Å². The van der Waals surface area contributed by atoms with E-state index < -0.39 is 21.4 Å². The minimum Gasteiger partial charge on any atom is -0.311 e. The number of carbonyl (C=O) groups excluding carboxylic acids is 1. The molecule has 1 aromatic carbocycles. The maximum Gasteiger partial charge on any atom is 0.307 e. The van der Waals surface area contributed by atoms with Crippen LogP contribution in [0.5, 0.6) is 0 Å². The molecule has 1 amide bonds. The predicted octanol–water partition coefficient (Wildman–Crippen LogP) is 2.35. The fourth-order valence-corrected chi connectivity index (χ4v) is 2.94. The number of halogens is 3. The first-order valence-corrected chi connectivity index (χ1v) is 7.88. The Kier molecular flexibility index (Phi) is 3.84. The Bertz CT molecular complexity index is 607. The van der Waals surface area contributed by atoms with Crippen LogP contribution in [0, 0.1) is 3.57 Å². The number of benzene rings is 1. The van der Waals surface area contributed by atoms with Crippen molar-refractivity contribution in [2.45, 2.75) is 11.7 Å². The Hall–Kier alpha value is -0.410. The lowest BCUT2D eigenvalue weighted by atomic mass is 10.3. The van der Waals surface area contributed by atoms with Gasteiger partial charge in [-0.2, -0.15) is 8.42 Å². The van der Waals surface area contributed by atoms with E-state index in [0.29, 0.717) is 10.7 Å². The molecule has 1 atom stereocenters. The summed E-state index contributed by atoms with van der Waals surface area (Å²) >= 11 is 7.96. The van der Waals surface area contributed by atoms with E-state index in [1.807, 2.05) is 22.6 Å². The van der Waals surface area contributed by atoms with Crippen LogP contribution in [0.3, 0.4) is 0 Å². The van der Waals surface area contributed by atoms with Gasteiger partial charge < -0.3 is 4.90 Å². The Morgan fingerprint density at radius 2 is 2.11 bits per heavy atom. The summed E-state index contributed by atoms with van der Waals surface area (Å²) in [6.45, 7) is -0.172. The highest BCUT2D eigenvalue weighted by Gasteiger charge is 2.39. The van der Waals surface area contributed by atoms with Gasteiger partial charge in [0.15, 0.2) is 0 Å². The largest absolute Gasteiger partial charge is 0.311 e. The van der Waals surface area contributed by atoms with Gasteiger partial charge in [0.25, 0.3) is 0 Å². The molecule has 8 heteroatoms. The molecule has 1 aliphatic heterocycles. The third kappa shape index (κ3) is 2.77. The molecule has 0 saturated carbocycles. The van der Waals surface area contributed by atoms with Gasteiger partial charge in [-0.1, -0.05) is 11.6 Å². The van der Waals surface area contributed by atoms with Crippen molar-refractivity contribution >= 4 is 56.0 Å². The Morgan fingerprint density at radius 1 is 1.44 bits per heavy atom. The molecule has 0 spiro atoms. The van der Waals surface area contributed by atoms with Crippen molar-refractivity contribution < 1.29 is 17.1 Å². The third-order valence-corrected chi connectivity index (χ3v) is 5.39. The van der Waals surface area contributed by atoms with Crippen LogP contribution in [-0.4, -0.2) is 26.1 Å². The second kappa shape index (κ2) is 4.93. The first kappa shape index (κ1) is 14.0. The van der Waals surface area contributed by atoms with Crippen molar-refractivity contribution in [3.05, 3.63) is 26.8 Å². The number of hydrogen-bond acceptors (Lipinski definition) is 3. The lowest BCUT2D eigenvalue weighted by Crippen LogP contribution is -2.26. The molecule has 4 nitrogen and oxygen atoms in total. The maximum atomic E-state index is 12.9. The van der Waals surface area contributed by atoms with Crippen molar-refractivity contribution in [1.29, 1.82) is 0 Å². The molecule has 1 saturated heterocycles. The van der Waals surface area contributed by atoms with Crippen LogP contribution in [0.1, 0.15) is 6.42 Å². The van der Waals surface area contributed by atoms with E-state index in [1.165, 1.54) is 4.90 Å². The zero-order valence-corrected chi connectivity index (χ0v) is 12.7. The molecule has 1 fully saturated rings. The Labute approximate surface area is 122 Å². The average molecular weight is 404 g/mol. The molecular weight excluding hydrogens is 396 g/mol. The topological polar surface area (TPSA) is 54.5 Å². The summed E-state index contributed by atoms with van der Waals surface area (Å²) in [5.41, 5.74) is 0.483. The van der Waals surface area contributed by atoms with Crippen molar-refractivity contribution in [3.63, 3.8) is 0 Å². The van der Waals surface area contributed by atoms with E-state index in [9.17, 15) is 17.1 Å². The van der Waals surface area contributed by atoms with E-state index in [4.69, 9.17) is 11.6 Å². The molecule has 1 unspecified atom stereocenters. The number of rotatable bonds is 2. The standard InChI is InChI=1S/C10H8ClFINO3S/c11-8-3-6(1-2-9(8)13)14-5-7(4-10(14)15)18(12,16)17/h1-3,7H,4-5H2. The van der Waals surface area contributed by atoms with Gasteiger partial charge in [0.05, 0.1) is 5.02 Å². The summed E-state index contributed by atoms with van der Waals surface area (Å²) in [6, 6.07) is 4.93. The maximum absolute atomic E-state index is 12.9. The lowest BCUT2D eigenvalue weighted by molar-refractivity contribution is -0.117. The number of nitrogens with zero attached hydrogens (tertiary/aromatic N) is 1. The molecule has 0 bridgehead atoms. The van der Waals surface area contributed by atoms with Crippen LogP contribution in [-0.2, 0) is 15.0 Å². The SMILES string of the molecule is O=C1CC(S(=O)(=O)F)CN1c1ccc(I)c(Cl)c1. The average Bonchev–Trinajstić information content (AvgIpc) is 2.64. The van der Waals surface area contributed by atoms with E-state index in [2.05, 4.69) is 0 Å². The number of carbonyl (C=O) groups is 1. The third-order valence-electron chi connectivity index (χ3n) is 2.70. The highest BCUT2D eigenvalue weighted by Crippen LogP contribution is 2.29. The molecule has 0 radical (unpaired) electrons. The van der Waals surface area contributed by atoms with Crippen LogP contribution < -0.4 is 4.90 Å².